The van der Waals surface area contributed by atoms with Crippen LogP contribution in [0.5, 0.6) is 0 Å². The average molecular weight is 238 g/mol. The third kappa shape index (κ3) is 2.51. The van der Waals surface area contributed by atoms with Crippen LogP contribution >= 0.6 is 24.8 Å². The predicted molar refractivity (Wildman–Crippen MR) is 69.8 cm³/mol. The molecule has 1 saturated heterocycles. The van der Waals surface area contributed by atoms with Crippen LogP contribution in [0.15, 0.2) is 29.2 Å². The summed E-state index contributed by atoms with van der Waals surface area (Å²) in [7, 11) is 0. The lowest BCUT2D eigenvalue weighted by molar-refractivity contribution is 0.363. The molecular formula is C11H14N2S2. The lowest BCUT2D eigenvalue weighted by Crippen LogP contribution is -2.46. The van der Waals surface area contributed by atoms with Crippen LogP contribution in [0.2, 0.25) is 0 Å². The zero-order valence-corrected chi connectivity index (χ0v) is 10.2. The van der Waals surface area contributed by atoms with Crippen LogP contribution in [0.3, 0.4) is 0 Å². The van der Waals surface area contributed by atoms with Gasteiger partial charge in [0, 0.05) is 36.6 Å². The van der Waals surface area contributed by atoms with Gasteiger partial charge < -0.3 is 10.2 Å². The highest BCUT2D eigenvalue weighted by molar-refractivity contribution is 7.81. The quantitative estimate of drug-likeness (QED) is 0.570. The molecule has 0 atom stereocenters. The summed E-state index contributed by atoms with van der Waals surface area (Å²) >= 11 is 9.90. The maximum atomic E-state index is 5.48. The van der Waals surface area contributed by atoms with E-state index in [1.165, 1.54) is 0 Å². The molecule has 0 amide bonds. The number of nitrogens with one attached hydrogen (secondary N) is 1. The first kappa shape index (κ1) is 10.9. The second kappa shape index (κ2) is 4.96. The molecule has 0 saturated carbocycles. The van der Waals surface area contributed by atoms with E-state index in [0.29, 0.717) is 0 Å². The minimum absolute atomic E-state index is 0.919. The highest BCUT2D eigenvalue weighted by Gasteiger charge is 2.15. The molecule has 2 rings (SSSR count). The molecule has 1 aliphatic heterocycles. The fourth-order valence-corrected chi connectivity index (χ4v) is 2.40. The van der Waals surface area contributed by atoms with E-state index < -0.39 is 0 Å². The fourth-order valence-electron chi connectivity index (χ4n) is 1.69. The Bertz CT molecular complexity index is 359. The molecule has 1 aliphatic rings. The van der Waals surface area contributed by atoms with Crippen molar-refractivity contribution in [1.29, 1.82) is 0 Å². The van der Waals surface area contributed by atoms with Crippen molar-refractivity contribution in [2.24, 2.45) is 0 Å². The van der Waals surface area contributed by atoms with Crippen molar-refractivity contribution in [3.05, 3.63) is 29.8 Å². The van der Waals surface area contributed by atoms with Gasteiger partial charge in [-0.3, -0.25) is 0 Å². The van der Waals surface area contributed by atoms with Crippen molar-refractivity contribution in [1.82, 2.24) is 10.2 Å². The van der Waals surface area contributed by atoms with Crippen molar-refractivity contribution in [3.8, 4) is 0 Å². The van der Waals surface area contributed by atoms with Crippen molar-refractivity contribution >= 4 is 29.8 Å². The number of thiol groups is 1. The molecule has 80 valence electrons. The highest BCUT2D eigenvalue weighted by atomic mass is 32.1. The highest BCUT2D eigenvalue weighted by Crippen LogP contribution is 2.16. The Labute approximate surface area is 101 Å². The van der Waals surface area contributed by atoms with Gasteiger partial charge in [0.05, 0.1) is 0 Å². The SMILES string of the molecule is S=C(c1ccccc1S)N1CCNCC1. The summed E-state index contributed by atoms with van der Waals surface area (Å²) in [5, 5.41) is 3.32. The standard InChI is InChI=1S/C11H14N2S2/c14-10-4-2-1-3-9(10)11(15)13-7-5-12-6-8-13/h1-4,12,14H,5-8H2. The second-order valence-corrected chi connectivity index (χ2v) is 4.43. The molecule has 0 aromatic heterocycles. The Morgan fingerprint density at radius 1 is 1.27 bits per heavy atom. The van der Waals surface area contributed by atoms with E-state index in [9.17, 15) is 0 Å². The van der Waals surface area contributed by atoms with Crippen LogP contribution in [0.4, 0.5) is 0 Å². The zero-order chi connectivity index (χ0) is 10.7. The van der Waals surface area contributed by atoms with Gasteiger partial charge in [-0.1, -0.05) is 30.4 Å². The Kier molecular flexibility index (Phi) is 3.61. The van der Waals surface area contributed by atoms with Gasteiger partial charge >= 0.3 is 0 Å². The third-order valence-corrected chi connectivity index (χ3v) is 3.41. The topological polar surface area (TPSA) is 15.3 Å². The lowest BCUT2D eigenvalue weighted by Gasteiger charge is -2.30. The summed E-state index contributed by atoms with van der Waals surface area (Å²) in [5.74, 6) is 0. The zero-order valence-electron chi connectivity index (χ0n) is 8.44. The molecule has 1 aromatic rings. The Hall–Kier alpha value is -0.580. The maximum Gasteiger partial charge on any atom is 0.110 e. The Morgan fingerprint density at radius 2 is 1.93 bits per heavy atom. The molecule has 0 radical (unpaired) electrons. The van der Waals surface area contributed by atoms with Crippen LogP contribution in [0.25, 0.3) is 0 Å². The van der Waals surface area contributed by atoms with E-state index in [1.807, 2.05) is 24.3 Å². The molecule has 1 N–H and O–H groups in total. The maximum absolute atomic E-state index is 5.48. The monoisotopic (exact) mass is 238 g/mol. The van der Waals surface area contributed by atoms with Gasteiger partial charge in [0.25, 0.3) is 0 Å². The number of nitrogens with zero attached hydrogens (tertiary/aromatic N) is 1. The van der Waals surface area contributed by atoms with E-state index >= 15 is 0 Å². The van der Waals surface area contributed by atoms with Crippen LogP contribution < -0.4 is 5.32 Å². The number of hydrogen-bond donors (Lipinski definition) is 2. The van der Waals surface area contributed by atoms with E-state index in [2.05, 4.69) is 22.8 Å². The number of thiocarbonyl (C=S) groups is 1. The van der Waals surface area contributed by atoms with Gasteiger partial charge in [-0.15, -0.1) is 12.6 Å². The summed E-state index contributed by atoms with van der Waals surface area (Å²) in [5.41, 5.74) is 1.07. The molecule has 0 spiro atoms. The number of benzene rings is 1. The van der Waals surface area contributed by atoms with E-state index in [0.717, 1.165) is 41.6 Å². The normalized spacial score (nSPS) is 16.5. The molecule has 15 heavy (non-hydrogen) atoms. The van der Waals surface area contributed by atoms with Gasteiger partial charge in [0.1, 0.15) is 4.99 Å². The fraction of sp³-hybridized carbons (Fsp3) is 0.364. The molecule has 1 fully saturated rings. The molecule has 0 bridgehead atoms. The van der Waals surface area contributed by atoms with Gasteiger partial charge in [-0.2, -0.15) is 0 Å². The first-order chi connectivity index (χ1) is 7.29. The van der Waals surface area contributed by atoms with Crippen molar-refractivity contribution in [2.45, 2.75) is 4.90 Å². The lowest BCUT2D eigenvalue weighted by atomic mass is 10.2. The van der Waals surface area contributed by atoms with Crippen molar-refractivity contribution < 1.29 is 0 Å². The van der Waals surface area contributed by atoms with Gasteiger partial charge in [-0.05, 0) is 6.07 Å². The summed E-state index contributed by atoms with van der Waals surface area (Å²) in [6, 6.07) is 8.00. The molecule has 0 aliphatic carbocycles. The first-order valence-electron chi connectivity index (χ1n) is 5.07. The second-order valence-electron chi connectivity index (χ2n) is 3.56. The molecule has 1 aromatic carbocycles. The van der Waals surface area contributed by atoms with Crippen molar-refractivity contribution in [2.75, 3.05) is 26.2 Å². The summed E-state index contributed by atoms with van der Waals surface area (Å²) in [6.45, 7) is 3.99. The first-order valence-corrected chi connectivity index (χ1v) is 5.92. The molecule has 2 nitrogen and oxygen atoms in total. The summed E-state index contributed by atoms with van der Waals surface area (Å²) in [4.78, 5) is 4.11. The number of hydrogen-bond acceptors (Lipinski definition) is 3. The Morgan fingerprint density at radius 3 is 2.60 bits per heavy atom. The molecule has 0 unspecified atom stereocenters. The molecule has 1 heterocycles. The largest absolute Gasteiger partial charge is 0.360 e. The minimum Gasteiger partial charge on any atom is -0.360 e. The summed E-state index contributed by atoms with van der Waals surface area (Å²) < 4.78 is 0. The third-order valence-electron chi connectivity index (χ3n) is 2.54. The van der Waals surface area contributed by atoms with E-state index in [1.54, 1.807) is 0 Å². The van der Waals surface area contributed by atoms with Crippen LogP contribution in [0, 0.1) is 0 Å². The van der Waals surface area contributed by atoms with E-state index in [-0.39, 0.29) is 0 Å². The van der Waals surface area contributed by atoms with Crippen LogP contribution in [0.1, 0.15) is 5.56 Å². The predicted octanol–water partition coefficient (Wildman–Crippen LogP) is 1.56. The van der Waals surface area contributed by atoms with Crippen molar-refractivity contribution in [3.63, 3.8) is 0 Å². The van der Waals surface area contributed by atoms with Gasteiger partial charge in [0.2, 0.25) is 0 Å². The average Bonchev–Trinajstić information content (AvgIpc) is 2.30. The smallest absolute Gasteiger partial charge is 0.110 e. The number of piperazine rings is 1. The molecule has 4 heteroatoms. The number of rotatable bonds is 1. The van der Waals surface area contributed by atoms with Gasteiger partial charge in [0.15, 0.2) is 0 Å². The van der Waals surface area contributed by atoms with Gasteiger partial charge in [-0.25, -0.2) is 0 Å². The van der Waals surface area contributed by atoms with Crippen LogP contribution in [-0.4, -0.2) is 36.1 Å². The van der Waals surface area contributed by atoms with E-state index in [4.69, 9.17) is 12.2 Å². The Balaban J connectivity index is 2.16. The molecular weight excluding hydrogens is 224 g/mol. The summed E-state index contributed by atoms with van der Waals surface area (Å²) in [6.07, 6.45) is 0. The van der Waals surface area contributed by atoms with Crippen LogP contribution in [-0.2, 0) is 0 Å². The minimum atomic E-state index is 0.919.